The minimum atomic E-state index is -1.32. The van der Waals surface area contributed by atoms with Crippen LogP contribution in [-0.2, 0) is 9.53 Å². The molecule has 0 aliphatic carbocycles. The van der Waals surface area contributed by atoms with Crippen molar-refractivity contribution in [2.75, 3.05) is 6.54 Å². The smallest absolute Gasteiger partial charge is 0.243 e. The largest absolute Gasteiger partial charge is 0.390 e. The highest BCUT2D eigenvalue weighted by Gasteiger charge is 2.35. The van der Waals surface area contributed by atoms with Crippen molar-refractivity contribution in [1.29, 1.82) is 0 Å². The summed E-state index contributed by atoms with van der Waals surface area (Å²) in [4.78, 5) is 10.8. The number of hydrogen-bond acceptors (Lipinski definition) is 5. The van der Waals surface area contributed by atoms with E-state index < -0.39 is 24.6 Å². The summed E-state index contributed by atoms with van der Waals surface area (Å²) in [5.41, 5.74) is 0. The van der Waals surface area contributed by atoms with Gasteiger partial charge in [0.15, 0.2) is 6.29 Å². The van der Waals surface area contributed by atoms with Gasteiger partial charge in [0.1, 0.15) is 12.2 Å². The third-order valence-corrected chi connectivity index (χ3v) is 2.22. The van der Waals surface area contributed by atoms with Crippen LogP contribution in [0.4, 0.5) is 0 Å². The molecule has 0 saturated carbocycles. The Kier molecular flexibility index (Phi) is 4.22. The molecule has 0 aromatic carbocycles. The molecule has 0 radical (unpaired) electrons. The lowest BCUT2D eigenvalue weighted by Gasteiger charge is -2.34. The van der Waals surface area contributed by atoms with E-state index in [1.807, 2.05) is 0 Å². The Labute approximate surface area is 87.2 Å². The highest BCUT2D eigenvalue weighted by molar-refractivity contribution is 5.86. The van der Waals surface area contributed by atoms with Gasteiger partial charge < -0.3 is 25.4 Å². The summed E-state index contributed by atoms with van der Waals surface area (Å²) in [6.45, 7) is 3.33. The van der Waals surface area contributed by atoms with Gasteiger partial charge in [-0.15, -0.1) is 0 Å². The van der Waals surface area contributed by atoms with E-state index in [0.717, 1.165) is 6.08 Å². The van der Waals surface area contributed by atoms with Gasteiger partial charge in [0, 0.05) is 13.0 Å². The topological polar surface area (TPSA) is 99.0 Å². The van der Waals surface area contributed by atoms with E-state index in [2.05, 4.69) is 11.9 Å². The molecule has 1 fully saturated rings. The summed E-state index contributed by atoms with van der Waals surface area (Å²) in [5, 5.41) is 30.2. The number of amides is 1. The average Bonchev–Trinajstić information content (AvgIpc) is 2.21. The zero-order valence-electron chi connectivity index (χ0n) is 8.17. The number of ether oxygens (including phenoxy) is 1. The first kappa shape index (κ1) is 12.1. The lowest BCUT2D eigenvalue weighted by Crippen LogP contribution is -2.51. The highest BCUT2D eigenvalue weighted by atomic mass is 16.6. The quantitative estimate of drug-likeness (QED) is 0.415. The summed E-state index contributed by atoms with van der Waals surface area (Å²) in [7, 11) is 0. The molecule has 1 unspecified atom stereocenters. The van der Waals surface area contributed by atoms with Crippen LogP contribution in [-0.4, -0.2) is 52.4 Å². The molecule has 4 N–H and O–H groups in total. The molecule has 1 aliphatic heterocycles. The number of aliphatic hydroxyl groups is 3. The van der Waals surface area contributed by atoms with E-state index in [4.69, 9.17) is 9.84 Å². The van der Waals surface area contributed by atoms with Crippen molar-refractivity contribution in [3.63, 3.8) is 0 Å². The van der Waals surface area contributed by atoms with Crippen molar-refractivity contribution in [3.05, 3.63) is 12.7 Å². The lowest BCUT2D eigenvalue weighted by atomic mass is 10.0. The maximum Gasteiger partial charge on any atom is 0.243 e. The number of carbonyl (C=O) groups excluding carboxylic acids is 1. The fourth-order valence-corrected chi connectivity index (χ4v) is 1.33. The summed E-state index contributed by atoms with van der Waals surface area (Å²) in [5.74, 6) is -0.383. The zero-order valence-corrected chi connectivity index (χ0v) is 8.17. The van der Waals surface area contributed by atoms with Gasteiger partial charge >= 0.3 is 0 Å². The Balaban J connectivity index is 2.41. The van der Waals surface area contributed by atoms with Gasteiger partial charge in [-0.3, -0.25) is 4.79 Å². The van der Waals surface area contributed by atoms with Crippen LogP contribution in [0.5, 0.6) is 0 Å². The SMILES string of the molecule is C=CC(=O)NCC1O[C@@H](O)[C@H](O)C[C@@H]1O. The monoisotopic (exact) mass is 217 g/mol. The van der Waals surface area contributed by atoms with Crippen molar-refractivity contribution in [1.82, 2.24) is 5.32 Å². The minimum Gasteiger partial charge on any atom is -0.390 e. The predicted molar refractivity (Wildman–Crippen MR) is 50.7 cm³/mol. The van der Waals surface area contributed by atoms with Crippen molar-refractivity contribution in [2.24, 2.45) is 0 Å². The van der Waals surface area contributed by atoms with Crippen LogP contribution in [0.2, 0.25) is 0 Å². The molecule has 86 valence electrons. The van der Waals surface area contributed by atoms with E-state index >= 15 is 0 Å². The second-order valence-electron chi connectivity index (χ2n) is 3.38. The molecular weight excluding hydrogens is 202 g/mol. The molecule has 1 saturated heterocycles. The van der Waals surface area contributed by atoms with Crippen LogP contribution in [0.1, 0.15) is 6.42 Å². The summed E-state index contributed by atoms with van der Waals surface area (Å²) in [6, 6.07) is 0. The van der Waals surface area contributed by atoms with Crippen LogP contribution in [0.3, 0.4) is 0 Å². The van der Waals surface area contributed by atoms with Gasteiger partial charge in [-0.05, 0) is 6.08 Å². The normalized spacial score (nSPS) is 35.9. The van der Waals surface area contributed by atoms with Crippen LogP contribution in [0, 0.1) is 0 Å². The molecule has 0 aromatic rings. The number of rotatable bonds is 3. The van der Waals surface area contributed by atoms with Gasteiger partial charge in [0.2, 0.25) is 5.91 Å². The van der Waals surface area contributed by atoms with E-state index in [-0.39, 0.29) is 18.9 Å². The number of hydrogen-bond donors (Lipinski definition) is 4. The Morgan fingerprint density at radius 1 is 1.47 bits per heavy atom. The van der Waals surface area contributed by atoms with E-state index in [0.29, 0.717) is 0 Å². The molecular formula is C9H15NO5. The number of carbonyl (C=O) groups is 1. The van der Waals surface area contributed by atoms with Gasteiger partial charge in [0.05, 0.1) is 6.10 Å². The summed E-state index contributed by atoms with van der Waals surface area (Å²) in [6.07, 6.45) is -2.91. The summed E-state index contributed by atoms with van der Waals surface area (Å²) >= 11 is 0. The molecule has 1 rings (SSSR count). The first-order valence-corrected chi connectivity index (χ1v) is 4.64. The first-order valence-electron chi connectivity index (χ1n) is 4.64. The van der Waals surface area contributed by atoms with Crippen LogP contribution in [0.15, 0.2) is 12.7 Å². The molecule has 1 amide bonds. The van der Waals surface area contributed by atoms with Gasteiger partial charge in [-0.1, -0.05) is 6.58 Å². The van der Waals surface area contributed by atoms with Crippen molar-refractivity contribution in [3.8, 4) is 0 Å². The zero-order chi connectivity index (χ0) is 11.4. The molecule has 15 heavy (non-hydrogen) atoms. The van der Waals surface area contributed by atoms with Gasteiger partial charge in [-0.25, -0.2) is 0 Å². The maximum absolute atomic E-state index is 10.8. The Bertz CT molecular complexity index is 245. The second kappa shape index (κ2) is 5.22. The van der Waals surface area contributed by atoms with E-state index in [9.17, 15) is 15.0 Å². The second-order valence-corrected chi connectivity index (χ2v) is 3.38. The summed E-state index contributed by atoms with van der Waals surface area (Å²) < 4.78 is 4.91. The predicted octanol–water partition coefficient (Wildman–Crippen LogP) is -1.88. The molecule has 0 aromatic heterocycles. The van der Waals surface area contributed by atoms with Gasteiger partial charge in [-0.2, -0.15) is 0 Å². The molecule has 0 spiro atoms. The van der Waals surface area contributed by atoms with E-state index in [1.165, 1.54) is 0 Å². The van der Waals surface area contributed by atoms with Crippen LogP contribution >= 0.6 is 0 Å². The third kappa shape index (κ3) is 3.28. The first-order chi connectivity index (χ1) is 7.04. The molecule has 4 atom stereocenters. The Hall–Kier alpha value is -0.950. The van der Waals surface area contributed by atoms with Crippen LogP contribution in [0.25, 0.3) is 0 Å². The molecule has 1 heterocycles. The Morgan fingerprint density at radius 3 is 2.73 bits per heavy atom. The molecule has 6 nitrogen and oxygen atoms in total. The van der Waals surface area contributed by atoms with E-state index in [1.54, 1.807) is 0 Å². The molecule has 0 bridgehead atoms. The number of nitrogens with one attached hydrogen (secondary N) is 1. The third-order valence-electron chi connectivity index (χ3n) is 2.22. The van der Waals surface area contributed by atoms with Crippen molar-refractivity contribution >= 4 is 5.91 Å². The van der Waals surface area contributed by atoms with Crippen LogP contribution < -0.4 is 5.32 Å². The maximum atomic E-state index is 10.8. The average molecular weight is 217 g/mol. The minimum absolute atomic E-state index is 0.0236. The van der Waals surface area contributed by atoms with Gasteiger partial charge in [0.25, 0.3) is 0 Å². The fraction of sp³-hybridized carbons (Fsp3) is 0.667. The lowest BCUT2D eigenvalue weighted by molar-refractivity contribution is -0.243. The number of aliphatic hydroxyl groups excluding tert-OH is 3. The highest BCUT2D eigenvalue weighted by Crippen LogP contribution is 2.18. The molecule has 1 aliphatic rings. The Morgan fingerprint density at radius 2 is 2.13 bits per heavy atom. The van der Waals surface area contributed by atoms with Crippen molar-refractivity contribution in [2.45, 2.75) is 31.0 Å². The van der Waals surface area contributed by atoms with Crippen molar-refractivity contribution < 1.29 is 24.9 Å². The standard InChI is InChI=1S/C9H15NO5/c1-2-8(13)10-4-7-5(11)3-6(12)9(14)15-7/h2,5-7,9,11-12,14H,1,3-4H2,(H,10,13)/t5-,6+,7?,9+/m0/s1. The fourth-order valence-electron chi connectivity index (χ4n) is 1.33. The molecule has 6 heteroatoms.